The van der Waals surface area contributed by atoms with E-state index < -0.39 is 0 Å². The first-order chi connectivity index (χ1) is 10.2. The monoisotopic (exact) mass is 326 g/mol. The van der Waals surface area contributed by atoms with Crippen molar-refractivity contribution in [2.75, 3.05) is 20.1 Å². The average molecular weight is 327 g/mol. The average Bonchev–Trinajstić information content (AvgIpc) is 3.15. The van der Waals surface area contributed by atoms with Gasteiger partial charge >= 0.3 is 0 Å². The molecule has 0 spiro atoms. The first-order valence-electron chi connectivity index (χ1n) is 8.05. The molecule has 116 valence electrons. The summed E-state index contributed by atoms with van der Waals surface area (Å²) in [6.07, 6.45) is 7.77. The van der Waals surface area contributed by atoms with Crippen LogP contribution in [0.4, 0.5) is 0 Å². The maximum absolute atomic E-state index is 6.52. The number of likely N-dealkylation sites (tertiary alicyclic amines) is 1. The molecule has 1 saturated carbocycles. The predicted molar refractivity (Wildman–Crippen MR) is 90.3 cm³/mol. The molecule has 0 bridgehead atoms. The number of likely N-dealkylation sites (N-methyl/N-ethyl adjacent to an activating group) is 1. The Morgan fingerprint density at radius 3 is 2.38 bits per heavy atom. The van der Waals surface area contributed by atoms with E-state index in [1.165, 1.54) is 51.6 Å². The maximum Gasteiger partial charge on any atom is 0.0640 e. The van der Waals surface area contributed by atoms with Gasteiger partial charge in [0, 0.05) is 5.54 Å². The van der Waals surface area contributed by atoms with Gasteiger partial charge in [-0.3, -0.25) is 4.90 Å². The molecule has 1 aromatic carbocycles. The zero-order valence-corrected chi connectivity index (χ0v) is 14.2. The second kappa shape index (κ2) is 6.45. The van der Waals surface area contributed by atoms with E-state index in [0.717, 1.165) is 5.56 Å². The van der Waals surface area contributed by atoms with Crippen molar-refractivity contribution in [1.29, 1.82) is 0 Å². The van der Waals surface area contributed by atoms with Gasteiger partial charge in [0.15, 0.2) is 0 Å². The Hall–Kier alpha value is -0.280. The molecule has 3 rings (SSSR count). The minimum atomic E-state index is 0.208. The fourth-order valence-electron chi connectivity index (χ4n) is 4.39. The van der Waals surface area contributed by atoms with Gasteiger partial charge in [0.25, 0.3) is 0 Å². The van der Waals surface area contributed by atoms with Crippen molar-refractivity contribution < 1.29 is 0 Å². The van der Waals surface area contributed by atoms with Crippen LogP contribution in [0.5, 0.6) is 0 Å². The SMILES string of the molecule is CNC(c1cccc(Cl)c1Cl)C1(N2CCCC2)CCCC1. The van der Waals surface area contributed by atoms with Gasteiger partial charge in [0.1, 0.15) is 0 Å². The van der Waals surface area contributed by atoms with Crippen molar-refractivity contribution in [2.45, 2.75) is 50.1 Å². The highest BCUT2D eigenvalue weighted by Crippen LogP contribution is 2.47. The minimum Gasteiger partial charge on any atom is -0.311 e. The minimum absolute atomic E-state index is 0.208. The van der Waals surface area contributed by atoms with Crippen LogP contribution in [0.3, 0.4) is 0 Å². The molecular formula is C17H24Cl2N2. The molecule has 1 aromatic rings. The summed E-state index contributed by atoms with van der Waals surface area (Å²) in [6, 6.07) is 6.27. The molecule has 4 heteroatoms. The van der Waals surface area contributed by atoms with Gasteiger partial charge in [-0.25, -0.2) is 0 Å². The number of nitrogens with zero attached hydrogens (tertiary/aromatic N) is 1. The van der Waals surface area contributed by atoms with Crippen molar-refractivity contribution in [2.24, 2.45) is 0 Å². The summed E-state index contributed by atoms with van der Waals surface area (Å²) in [5, 5.41) is 4.93. The fraction of sp³-hybridized carbons (Fsp3) is 0.647. The smallest absolute Gasteiger partial charge is 0.0640 e. The van der Waals surface area contributed by atoms with E-state index in [-0.39, 0.29) is 11.6 Å². The summed E-state index contributed by atoms with van der Waals surface area (Å²) >= 11 is 12.8. The molecule has 1 unspecified atom stereocenters. The summed E-state index contributed by atoms with van der Waals surface area (Å²) in [4.78, 5) is 2.71. The summed E-state index contributed by atoms with van der Waals surface area (Å²) in [5.41, 5.74) is 1.36. The molecule has 1 atom stereocenters. The third-order valence-corrected chi connectivity index (χ3v) is 6.16. The molecule has 21 heavy (non-hydrogen) atoms. The maximum atomic E-state index is 6.52. The fourth-order valence-corrected chi connectivity index (χ4v) is 4.81. The van der Waals surface area contributed by atoms with Gasteiger partial charge < -0.3 is 5.32 Å². The molecule has 2 nitrogen and oxygen atoms in total. The quantitative estimate of drug-likeness (QED) is 0.865. The van der Waals surface area contributed by atoms with E-state index in [4.69, 9.17) is 23.2 Å². The second-order valence-corrected chi connectivity index (χ2v) is 7.15. The highest BCUT2D eigenvalue weighted by Gasteiger charge is 2.47. The summed E-state index contributed by atoms with van der Waals surface area (Å²) in [6.45, 7) is 2.44. The highest BCUT2D eigenvalue weighted by molar-refractivity contribution is 6.42. The van der Waals surface area contributed by atoms with Gasteiger partial charge in [-0.15, -0.1) is 0 Å². The topological polar surface area (TPSA) is 15.3 Å². The molecule has 1 saturated heterocycles. The normalized spacial score (nSPS) is 23.6. The van der Waals surface area contributed by atoms with Crippen LogP contribution in [-0.2, 0) is 0 Å². The van der Waals surface area contributed by atoms with E-state index in [1.54, 1.807) is 0 Å². The molecule has 2 aliphatic rings. The van der Waals surface area contributed by atoms with Crippen molar-refractivity contribution in [3.63, 3.8) is 0 Å². The molecule has 1 aliphatic heterocycles. The first-order valence-corrected chi connectivity index (χ1v) is 8.81. The highest BCUT2D eigenvalue weighted by atomic mass is 35.5. The van der Waals surface area contributed by atoms with Crippen LogP contribution in [-0.4, -0.2) is 30.6 Å². The molecule has 2 fully saturated rings. The van der Waals surface area contributed by atoms with Gasteiger partial charge in [0.2, 0.25) is 0 Å². The van der Waals surface area contributed by atoms with E-state index >= 15 is 0 Å². The predicted octanol–water partition coefficient (Wildman–Crippen LogP) is 4.66. The van der Waals surface area contributed by atoms with Crippen LogP contribution in [0, 0.1) is 0 Å². The Balaban J connectivity index is 2.01. The third kappa shape index (κ3) is 2.72. The lowest BCUT2D eigenvalue weighted by molar-refractivity contribution is 0.0797. The lowest BCUT2D eigenvalue weighted by atomic mass is 9.82. The van der Waals surface area contributed by atoms with Crippen LogP contribution in [0.2, 0.25) is 10.0 Å². The third-order valence-electron chi connectivity index (χ3n) is 5.32. The molecule has 0 aromatic heterocycles. The zero-order valence-electron chi connectivity index (χ0n) is 12.7. The summed E-state index contributed by atoms with van der Waals surface area (Å²) in [7, 11) is 2.05. The van der Waals surface area contributed by atoms with E-state index in [9.17, 15) is 0 Å². The Morgan fingerprint density at radius 1 is 1.10 bits per heavy atom. The number of benzene rings is 1. The van der Waals surface area contributed by atoms with Crippen LogP contribution >= 0.6 is 23.2 Å². The van der Waals surface area contributed by atoms with Crippen molar-refractivity contribution in [3.8, 4) is 0 Å². The van der Waals surface area contributed by atoms with Gasteiger partial charge in [-0.1, -0.05) is 48.2 Å². The Kier molecular flexibility index (Phi) is 4.80. The van der Waals surface area contributed by atoms with Crippen LogP contribution < -0.4 is 5.32 Å². The number of nitrogens with one attached hydrogen (secondary N) is 1. The van der Waals surface area contributed by atoms with Crippen LogP contribution in [0.25, 0.3) is 0 Å². The van der Waals surface area contributed by atoms with Crippen molar-refractivity contribution in [1.82, 2.24) is 10.2 Å². The first kappa shape index (κ1) is 15.6. The lowest BCUT2D eigenvalue weighted by Crippen LogP contribution is -2.53. The zero-order chi connectivity index (χ0) is 14.9. The van der Waals surface area contributed by atoms with E-state index in [2.05, 4.69) is 23.3 Å². The number of halogens is 2. The van der Waals surface area contributed by atoms with Crippen molar-refractivity contribution in [3.05, 3.63) is 33.8 Å². The van der Waals surface area contributed by atoms with E-state index in [1.807, 2.05) is 12.1 Å². The van der Waals surface area contributed by atoms with Crippen LogP contribution in [0.1, 0.15) is 50.1 Å². The molecule has 0 radical (unpaired) electrons. The number of rotatable bonds is 4. The molecular weight excluding hydrogens is 303 g/mol. The second-order valence-electron chi connectivity index (χ2n) is 6.37. The summed E-state index contributed by atoms with van der Waals surface area (Å²) in [5.74, 6) is 0. The molecule has 0 amide bonds. The molecule has 1 heterocycles. The van der Waals surface area contributed by atoms with Crippen LogP contribution in [0.15, 0.2) is 18.2 Å². The molecule has 1 N–H and O–H groups in total. The Morgan fingerprint density at radius 2 is 1.76 bits per heavy atom. The largest absolute Gasteiger partial charge is 0.311 e. The molecule has 1 aliphatic carbocycles. The standard InChI is InChI=1S/C17H24Cl2N2/c1-20-16(13-7-6-8-14(18)15(13)19)17(9-2-3-10-17)21-11-4-5-12-21/h6-8,16,20H,2-5,9-12H2,1H3. The number of hydrogen-bond acceptors (Lipinski definition) is 2. The Labute approximate surface area is 137 Å². The van der Waals surface area contributed by atoms with Gasteiger partial charge in [-0.2, -0.15) is 0 Å². The Bertz CT molecular complexity index is 492. The summed E-state index contributed by atoms with van der Waals surface area (Å²) < 4.78 is 0. The van der Waals surface area contributed by atoms with E-state index in [0.29, 0.717) is 10.0 Å². The van der Waals surface area contributed by atoms with Gasteiger partial charge in [0.05, 0.1) is 16.1 Å². The van der Waals surface area contributed by atoms with Gasteiger partial charge in [-0.05, 0) is 57.5 Å². The van der Waals surface area contributed by atoms with Crippen molar-refractivity contribution >= 4 is 23.2 Å². The number of hydrogen-bond donors (Lipinski definition) is 1. The lowest BCUT2D eigenvalue weighted by Gasteiger charge is -2.45.